The Morgan fingerprint density at radius 2 is 1.52 bits per heavy atom. The zero-order valence-corrected chi connectivity index (χ0v) is 14.6. The number of halogens is 1. The quantitative estimate of drug-likeness (QED) is 0.770. The van der Waals surface area contributed by atoms with E-state index in [9.17, 15) is 0 Å². The lowest BCUT2D eigenvalue weighted by atomic mass is 9.98. The van der Waals surface area contributed by atoms with E-state index in [-0.39, 0.29) is 6.04 Å². The number of hydrogen-bond acceptors (Lipinski definition) is 2. The summed E-state index contributed by atoms with van der Waals surface area (Å²) in [6, 6.07) is 12.2. The van der Waals surface area contributed by atoms with Crippen LogP contribution in [0.1, 0.15) is 49.4 Å². The lowest BCUT2D eigenvalue weighted by Gasteiger charge is -2.14. The van der Waals surface area contributed by atoms with Crippen molar-refractivity contribution in [3.05, 3.63) is 57.6 Å². The normalized spacial score (nSPS) is 12.5. The van der Waals surface area contributed by atoms with Crippen LogP contribution >= 0.6 is 15.9 Å². The first-order valence-electron chi connectivity index (χ1n) is 7.22. The van der Waals surface area contributed by atoms with Gasteiger partial charge in [-0.05, 0) is 60.7 Å². The lowest BCUT2D eigenvalue weighted by Crippen LogP contribution is -2.05. The molecule has 0 fully saturated rings. The first-order valence-corrected chi connectivity index (χ1v) is 8.01. The number of ether oxygens (including phenoxy) is 1. The van der Waals surface area contributed by atoms with Crippen molar-refractivity contribution >= 4 is 15.9 Å². The molecule has 0 aliphatic carbocycles. The summed E-state index contributed by atoms with van der Waals surface area (Å²) in [7, 11) is 0. The largest absolute Gasteiger partial charge is 0.457 e. The van der Waals surface area contributed by atoms with Crippen molar-refractivity contribution in [2.45, 2.75) is 39.7 Å². The zero-order valence-electron chi connectivity index (χ0n) is 13.0. The average Bonchev–Trinajstić information content (AvgIpc) is 2.37. The van der Waals surface area contributed by atoms with Gasteiger partial charge in [-0.2, -0.15) is 0 Å². The van der Waals surface area contributed by atoms with E-state index < -0.39 is 0 Å². The summed E-state index contributed by atoms with van der Waals surface area (Å²) in [6.07, 6.45) is 0. The molecule has 0 heterocycles. The highest BCUT2D eigenvalue weighted by molar-refractivity contribution is 9.10. The van der Waals surface area contributed by atoms with Crippen LogP contribution in [-0.2, 0) is 0 Å². The summed E-state index contributed by atoms with van der Waals surface area (Å²) in [4.78, 5) is 0. The minimum atomic E-state index is 0.000921. The Morgan fingerprint density at radius 3 is 2.00 bits per heavy atom. The van der Waals surface area contributed by atoms with E-state index in [0.29, 0.717) is 5.92 Å². The van der Waals surface area contributed by atoms with Gasteiger partial charge in [0, 0.05) is 10.5 Å². The number of aryl methyl sites for hydroxylation is 1. The molecule has 0 aromatic heterocycles. The van der Waals surface area contributed by atoms with E-state index in [2.05, 4.69) is 48.8 Å². The predicted octanol–water partition coefficient (Wildman–Crippen LogP) is 5.69. The van der Waals surface area contributed by atoms with Crippen LogP contribution in [0.5, 0.6) is 11.5 Å². The minimum absolute atomic E-state index is 0.000921. The number of benzene rings is 2. The summed E-state index contributed by atoms with van der Waals surface area (Å²) >= 11 is 3.55. The van der Waals surface area contributed by atoms with Gasteiger partial charge in [0.25, 0.3) is 0 Å². The van der Waals surface area contributed by atoms with Gasteiger partial charge in [0.1, 0.15) is 11.5 Å². The molecular weight excluding hydrogens is 326 g/mol. The van der Waals surface area contributed by atoms with Gasteiger partial charge in [-0.25, -0.2) is 0 Å². The predicted molar refractivity (Wildman–Crippen MR) is 92.1 cm³/mol. The second-order valence-corrected chi connectivity index (χ2v) is 6.60. The van der Waals surface area contributed by atoms with Crippen LogP contribution in [0.25, 0.3) is 0 Å². The van der Waals surface area contributed by atoms with Crippen molar-refractivity contribution in [2.75, 3.05) is 0 Å². The van der Waals surface area contributed by atoms with E-state index in [4.69, 9.17) is 10.5 Å². The third-order valence-corrected chi connectivity index (χ3v) is 4.25. The van der Waals surface area contributed by atoms with Crippen LogP contribution in [0.2, 0.25) is 0 Å². The van der Waals surface area contributed by atoms with Crippen LogP contribution in [0.3, 0.4) is 0 Å². The maximum absolute atomic E-state index is 5.94. The van der Waals surface area contributed by atoms with Crippen LogP contribution in [-0.4, -0.2) is 0 Å². The second-order valence-electron chi connectivity index (χ2n) is 5.75. The van der Waals surface area contributed by atoms with Crippen LogP contribution in [0.4, 0.5) is 0 Å². The highest BCUT2D eigenvalue weighted by Gasteiger charge is 2.08. The molecule has 1 unspecified atom stereocenters. The maximum atomic E-state index is 5.94. The van der Waals surface area contributed by atoms with Crippen LogP contribution in [0, 0.1) is 6.92 Å². The van der Waals surface area contributed by atoms with Gasteiger partial charge in [0.2, 0.25) is 0 Å². The highest BCUT2D eigenvalue weighted by atomic mass is 79.9. The van der Waals surface area contributed by atoms with Crippen molar-refractivity contribution in [3.63, 3.8) is 0 Å². The smallest absolute Gasteiger partial charge is 0.128 e. The Labute approximate surface area is 135 Å². The molecule has 2 nitrogen and oxygen atoms in total. The van der Waals surface area contributed by atoms with Gasteiger partial charge in [-0.15, -0.1) is 0 Å². The van der Waals surface area contributed by atoms with Crippen molar-refractivity contribution in [2.24, 2.45) is 5.73 Å². The Bertz CT molecular complexity index is 580. The summed E-state index contributed by atoms with van der Waals surface area (Å²) in [6.45, 7) is 8.49. The first-order chi connectivity index (χ1) is 9.88. The molecule has 0 spiro atoms. The fourth-order valence-electron chi connectivity index (χ4n) is 2.44. The first kappa shape index (κ1) is 16.1. The summed E-state index contributed by atoms with van der Waals surface area (Å²) in [5, 5.41) is 0. The van der Waals surface area contributed by atoms with Crippen molar-refractivity contribution < 1.29 is 4.74 Å². The van der Waals surface area contributed by atoms with Gasteiger partial charge >= 0.3 is 0 Å². The highest BCUT2D eigenvalue weighted by Crippen LogP contribution is 2.31. The van der Waals surface area contributed by atoms with E-state index in [1.807, 2.05) is 31.2 Å². The molecule has 0 saturated carbocycles. The summed E-state index contributed by atoms with van der Waals surface area (Å²) < 4.78 is 6.92. The number of nitrogens with two attached hydrogens (primary N) is 1. The fourth-order valence-corrected chi connectivity index (χ4v) is 3.16. The zero-order chi connectivity index (χ0) is 15.6. The number of rotatable bonds is 4. The standard InChI is InChI=1S/C18H22BrNO/c1-11(2)16-7-5-14(9-12(16)3)21-15-6-8-17(13(4)20)18(19)10-15/h5-11,13H,20H2,1-4H3. The fraction of sp³-hybridized carbons (Fsp3) is 0.333. The molecule has 2 N–H and O–H groups in total. The second kappa shape index (κ2) is 6.63. The molecule has 0 aliphatic rings. The summed E-state index contributed by atoms with van der Waals surface area (Å²) in [5.41, 5.74) is 9.60. The molecule has 2 rings (SSSR count). The van der Waals surface area contributed by atoms with Gasteiger partial charge in [0.05, 0.1) is 0 Å². The molecule has 112 valence electrons. The van der Waals surface area contributed by atoms with Crippen LogP contribution in [0.15, 0.2) is 40.9 Å². The molecule has 0 bridgehead atoms. The molecule has 0 radical (unpaired) electrons. The van der Waals surface area contributed by atoms with Gasteiger partial charge < -0.3 is 10.5 Å². The minimum Gasteiger partial charge on any atom is -0.457 e. The summed E-state index contributed by atoms with van der Waals surface area (Å²) in [5.74, 6) is 2.19. The Morgan fingerprint density at radius 1 is 0.952 bits per heavy atom. The maximum Gasteiger partial charge on any atom is 0.128 e. The van der Waals surface area contributed by atoms with E-state index in [1.165, 1.54) is 11.1 Å². The van der Waals surface area contributed by atoms with Crippen molar-refractivity contribution in [3.8, 4) is 11.5 Å². The molecule has 2 aromatic rings. The average molecular weight is 348 g/mol. The molecule has 0 aliphatic heterocycles. The number of hydrogen-bond donors (Lipinski definition) is 1. The third-order valence-electron chi connectivity index (χ3n) is 3.56. The molecule has 0 saturated heterocycles. The van der Waals surface area contributed by atoms with Crippen molar-refractivity contribution in [1.29, 1.82) is 0 Å². The lowest BCUT2D eigenvalue weighted by molar-refractivity contribution is 0.481. The SMILES string of the molecule is Cc1cc(Oc2ccc(C(C)N)c(Br)c2)ccc1C(C)C. The Kier molecular flexibility index (Phi) is 5.07. The third kappa shape index (κ3) is 3.86. The molecular formula is C18H22BrNO. The topological polar surface area (TPSA) is 35.2 Å². The van der Waals surface area contributed by atoms with Gasteiger partial charge in [-0.1, -0.05) is 41.9 Å². The Hall–Kier alpha value is -1.32. The van der Waals surface area contributed by atoms with Crippen LogP contribution < -0.4 is 10.5 Å². The van der Waals surface area contributed by atoms with E-state index in [1.54, 1.807) is 0 Å². The molecule has 2 aromatic carbocycles. The van der Waals surface area contributed by atoms with Gasteiger partial charge in [0.15, 0.2) is 0 Å². The monoisotopic (exact) mass is 347 g/mol. The molecule has 21 heavy (non-hydrogen) atoms. The Balaban J connectivity index is 2.22. The van der Waals surface area contributed by atoms with Crippen molar-refractivity contribution in [1.82, 2.24) is 0 Å². The van der Waals surface area contributed by atoms with E-state index in [0.717, 1.165) is 21.5 Å². The van der Waals surface area contributed by atoms with E-state index >= 15 is 0 Å². The molecule has 1 atom stereocenters. The molecule has 0 amide bonds. The van der Waals surface area contributed by atoms with Gasteiger partial charge in [-0.3, -0.25) is 0 Å². The molecule has 3 heteroatoms.